The van der Waals surface area contributed by atoms with Crippen LogP contribution in [0.25, 0.3) is 0 Å². The molecule has 4 heterocycles. The second kappa shape index (κ2) is 11.3. The number of carbonyl (C=O) groups is 1. The van der Waals surface area contributed by atoms with Crippen molar-refractivity contribution in [3.63, 3.8) is 0 Å². The Labute approximate surface area is 229 Å². The Balaban J connectivity index is 1.33. The van der Waals surface area contributed by atoms with Gasteiger partial charge < -0.3 is 29.7 Å². The van der Waals surface area contributed by atoms with Crippen LogP contribution in [0.3, 0.4) is 0 Å². The van der Waals surface area contributed by atoms with Gasteiger partial charge in [-0.2, -0.15) is 31.4 Å². The van der Waals surface area contributed by atoms with Gasteiger partial charge in [0, 0.05) is 32.3 Å². The van der Waals surface area contributed by atoms with Crippen LogP contribution in [0.5, 0.6) is 5.75 Å². The zero-order chi connectivity index (χ0) is 30.2. The summed E-state index contributed by atoms with van der Waals surface area (Å²) in [5.41, 5.74) is -5.50. The number of ether oxygens (including phenoxy) is 2. The number of aromatic nitrogens is 3. The Hall–Kier alpha value is -3.60. The third kappa shape index (κ3) is 7.01. The summed E-state index contributed by atoms with van der Waals surface area (Å²) in [6.07, 6.45) is -9.13. The molecule has 226 valence electrons. The van der Waals surface area contributed by atoms with Crippen LogP contribution >= 0.6 is 0 Å². The van der Waals surface area contributed by atoms with Crippen molar-refractivity contribution in [3.05, 3.63) is 39.9 Å². The van der Waals surface area contributed by atoms with Crippen molar-refractivity contribution in [3.8, 4) is 5.75 Å². The average Bonchev–Trinajstić information content (AvgIpc) is 3.04. The zero-order valence-electron chi connectivity index (χ0n) is 22.0. The van der Waals surface area contributed by atoms with Gasteiger partial charge in [0.05, 0.1) is 48.8 Å². The maximum absolute atomic E-state index is 13.3. The molecule has 11 nitrogen and oxygen atoms in total. The van der Waals surface area contributed by atoms with E-state index in [2.05, 4.69) is 15.4 Å². The van der Waals surface area contributed by atoms with Crippen LogP contribution in [0.1, 0.15) is 31.4 Å². The summed E-state index contributed by atoms with van der Waals surface area (Å²) >= 11 is 0. The number of aliphatic hydroxyl groups excluding tert-OH is 1. The molecule has 1 amide bonds. The molecule has 4 rings (SSSR count). The fourth-order valence-corrected chi connectivity index (χ4v) is 4.68. The monoisotopic (exact) mass is 594 g/mol. The number of nitrogens with zero attached hydrogens (tertiary/aromatic N) is 4. The molecule has 17 heteroatoms. The Morgan fingerprint density at radius 3 is 2.63 bits per heavy atom. The van der Waals surface area contributed by atoms with Crippen molar-refractivity contribution in [2.45, 2.75) is 50.3 Å². The number of fused-ring (bicyclic) bond motifs is 3. The lowest BCUT2D eigenvalue weighted by Crippen LogP contribution is -2.57. The summed E-state index contributed by atoms with van der Waals surface area (Å²) in [7, 11) is 0. The number of anilines is 2. The summed E-state index contributed by atoms with van der Waals surface area (Å²) < 4.78 is 90.2. The van der Waals surface area contributed by atoms with Gasteiger partial charge in [-0.1, -0.05) is 0 Å². The van der Waals surface area contributed by atoms with Crippen LogP contribution in [0, 0.1) is 0 Å². The molecule has 2 aliphatic heterocycles. The number of aromatic amines is 1. The average molecular weight is 595 g/mol. The van der Waals surface area contributed by atoms with Crippen LogP contribution in [0.15, 0.2) is 23.3 Å². The number of nitrogens with one attached hydrogen (secondary N) is 2. The van der Waals surface area contributed by atoms with Gasteiger partial charge in [0.1, 0.15) is 5.56 Å². The van der Waals surface area contributed by atoms with Crippen molar-refractivity contribution in [1.82, 2.24) is 20.1 Å². The molecule has 0 spiro atoms. The van der Waals surface area contributed by atoms with Gasteiger partial charge in [0.25, 0.3) is 11.5 Å². The molecule has 1 saturated heterocycles. The fraction of sp³-hybridized carbons (Fsp3) is 0.583. The van der Waals surface area contributed by atoms with E-state index in [0.29, 0.717) is 6.42 Å². The van der Waals surface area contributed by atoms with E-state index in [0.717, 1.165) is 18.5 Å². The van der Waals surface area contributed by atoms with Gasteiger partial charge in [-0.15, -0.1) is 0 Å². The lowest BCUT2D eigenvalue weighted by Gasteiger charge is -2.41. The molecule has 1 fully saturated rings. The number of carbonyl (C=O) groups excluding carboxylic acids is 1. The van der Waals surface area contributed by atoms with Crippen molar-refractivity contribution < 1.29 is 45.7 Å². The van der Waals surface area contributed by atoms with Crippen LogP contribution in [-0.2, 0) is 21.9 Å². The Morgan fingerprint density at radius 2 is 1.95 bits per heavy atom. The van der Waals surface area contributed by atoms with Gasteiger partial charge in [-0.3, -0.25) is 9.59 Å². The molecule has 3 N–H and O–H groups in total. The predicted molar refractivity (Wildman–Crippen MR) is 131 cm³/mol. The second-order valence-electron chi connectivity index (χ2n) is 10.3. The normalized spacial score (nSPS) is 18.6. The van der Waals surface area contributed by atoms with Gasteiger partial charge >= 0.3 is 12.4 Å². The molecular formula is C24H28F6N6O5. The smallest absolute Gasteiger partial charge is 0.423 e. The Morgan fingerprint density at radius 1 is 1.22 bits per heavy atom. The highest BCUT2D eigenvalue weighted by Crippen LogP contribution is 2.38. The first kappa shape index (κ1) is 30.4. The third-order valence-corrected chi connectivity index (χ3v) is 6.57. The maximum atomic E-state index is 13.3. The number of pyridine rings is 1. The molecule has 2 aliphatic rings. The van der Waals surface area contributed by atoms with Gasteiger partial charge in [0.15, 0.2) is 17.7 Å². The van der Waals surface area contributed by atoms with E-state index >= 15 is 0 Å². The first-order valence-electron chi connectivity index (χ1n) is 12.5. The second-order valence-corrected chi connectivity index (χ2v) is 10.3. The minimum absolute atomic E-state index is 0.00463. The first-order valence-corrected chi connectivity index (χ1v) is 12.5. The van der Waals surface area contributed by atoms with Crippen LogP contribution in [0.2, 0.25) is 0 Å². The molecule has 1 unspecified atom stereocenters. The largest absolute Gasteiger partial charge is 0.490 e. The summed E-state index contributed by atoms with van der Waals surface area (Å²) in [4.78, 5) is 31.8. The Bertz CT molecular complexity index is 1320. The molecule has 2 aromatic heterocycles. The van der Waals surface area contributed by atoms with Crippen molar-refractivity contribution in [2.75, 3.05) is 49.7 Å². The molecule has 0 aliphatic carbocycles. The van der Waals surface area contributed by atoms with E-state index in [4.69, 9.17) is 9.47 Å². The standard InChI is InChI=1S/C24H28F6N6O5/c1-22(2,33-15-9-32-34-20(38)18(15)24(28,29)30)12-40-11-16(37)21(39)35-4-5-36-14(10-35)3-6-41-17-7-13(23(25,26)27)8-31-19(17)36/h7-9,14,16,37H,3-6,10-12H2,1-2H3,(H2,33,34,38)/t14-,16?/m0/s1. The van der Waals surface area contributed by atoms with Crippen molar-refractivity contribution in [2.24, 2.45) is 0 Å². The minimum Gasteiger partial charge on any atom is -0.490 e. The number of H-pyrrole nitrogens is 1. The number of hydrogen-bond acceptors (Lipinski definition) is 9. The molecule has 0 radical (unpaired) electrons. The number of halogens is 6. The molecule has 0 aromatic carbocycles. The SMILES string of the molecule is CC(C)(COCC(O)C(=O)N1CCN2c3ncc(C(F)(F)F)cc3OCC[C@H]2C1)Nc1cn[nH]c(=O)c1C(F)(F)F. The number of hydrogen-bond donors (Lipinski definition) is 3. The summed E-state index contributed by atoms with van der Waals surface area (Å²) in [6.45, 7) is 2.95. The van der Waals surface area contributed by atoms with E-state index in [9.17, 15) is 41.0 Å². The summed E-state index contributed by atoms with van der Waals surface area (Å²) in [5.74, 6) is -0.389. The van der Waals surface area contributed by atoms with E-state index in [1.165, 1.54) is 18.7 Å². The van der Waals surface area contributed by atoms with Crippen LogP contribution < -0.4 is 20.5 Å². The quantitative estimate of drug-likeness (QED) is 0.413. The highest BCUT2D eigenvalue weighted by Gasteiger charge is 2.40. The summed E-state index contributed by atoms with van der Waals surface area (Å²) in [5, 5.41) is 18.2. The number of rotatable bonds is 7. The molecule has 2 atom stereocenters. The first-order chi connectivity index (χ1) is 19.1. The molecule has 41 heavy (non-hydrogen) atoms. The topological polar surface area (TPSA) is 133 Å². The van der Waals surface area contributed by atoms with Gasteiger partial charge in [-0.05, 0) is 19.9 Å². The lowest BCUT2D eigenvalue weighted by atomic mass is 10.1. The molecular weight excluding hydrogens is 566 g/mol. The number of piperazine rings is 1. The zero-order valence-corrected chi connectivity index (χ0v) is 22.0. The van der Waals surface area contributed by atoms with E-state index in [1.54, 1.807) is 10.00 Å². The van der Waals surface area contributed by atoms with E-state index in [1.807, 2.05) is 0 Å². The van der Waals surface area contributed by atoms with Crippen LogP contribution in [-0.4, -0.2) is 88.2 Å². The van der Waals surface area contributed by atoms with Crippen molar-refractivity contribution >= 4 is 17.4 Å². The molecule has 2 aromatic rings. The van der Waals surface area contributed by atoms with Gasteiger partial charge in [0.2, 0.25) is 0 Å². The molecule has 0 saturated carbocycles. The summed E-state index contributed by atoms with van der Waals surface area (Å²) in [6, 6.07) is 0.579. The van der Waals surface area contributed by atoms with Crippen LogP contribution in [0.4, 0.5) is 37.8 Å². The number of amides is 1. The molecule has 0 bridgehead atoms. The van der Waals surface area contributed by atoms with Crippen molar-refractivity contribution in [1.29, 1.82) is 0 Å². The number of aliphatic hydroxyl groups is 1. The van der Waals surface area contributed by atoms with E-state index < -0.39 is 58.9 Å². The highest BCUT2D eigenvalue weighted by molar-refractivity contribution is 5.81. The third-order valence-electron chi connectivity index (χ3n) is 6.57. The number of alkyl halides is 6. The lowest BCUT2D eigenvalue weighted by molar-refractivity contribution is -0.144. The van der Waals surface area contributed by atoms with E-state index in [-0.39, 0.29) is 50.5 Å². The maximum Gasteiger partial charge on any atom is 0.423 e. The Kier molecular flexibility index (Phi) is 8.40. The highest BCUT2D eigenvalue weighted by atomic mass is 19.4. The van der Waals surface area contributed by atoms with Gasteiger partial charge in [-0.25, -0.2) is 10.1 Å². The minimum atomic E-state index is -4.93. The predicted octanol–water partition coefficient (Wildman–Crippen LogP) is 2.27. The fourth-order valence-electron chi connectivity index (χ4n) is 4.68.